The molecule has 0 spiro atoms. The summed E-state index contributed by atoms with van der Waals surface area (Å²) in [5.41, 5.74) is 3.82. The van der Waals surface area contributed by atoms with E-state index in [9.17, 15) is 14.7 Å². The number of rotatable bonds is 7. The number of carbonyl (C=O) groups excluding carboxylic acids is 1. The molecule has 4 heterocycles. The molecule has 4 aromatic rings. The van der Waals surface area contributed by atoms with Gasteiger partial charge in [-0.3, -0.25) is 9.59 Å². The van der Waals surface area contributed by atoms with Gasteiger partial charge in [0.2, 0.25) is 5.91 Å². The molecule has 1 aliphatic rings. The summed E-state index contributed by atoms with van der Waals surface area (Å²) < 4.78 is 3.55. The van der Waals surface area contributed by atoms with E-state index in [1.165, 1.54) is 26.6 Å². The molecular weight excluding hydrogens is 446 g/mol. The van der Waals surface area contributed by atoms with Gasteiger partial charge in [0.25, 0.3) is 0 Å². The van der Waals surface area contributed by atoms with Gasteiger partial charge in [0.1, 0.15) is 5.65 Å². The van der Waals surface area contributed by atoms with Crippen LogP contribution in [0.5, 0.6) is 0 Å². The van der Waals surface area contributed by atoms with Crippen LogP contribution in [-0.2, 0) is 29.1 Å². The van der Waals surface area contributed by atoms with Crippen molar-refractivity contribution < 1.29 is 14.7 Å². The Morgan fingerprint density at radius 2 is 2.06 bits per heavy atom. The molecule has 6 nitrogen and oxygen atoms in total. The lowest BCUT2D eigenvalue weighted by Gasteiger charge is -2.29. The number of aliphatic carboxylic acids is 1. The minimum Gasteiger partial charge on any atom is -0.481 e. The minimum atomic E-state index is -0.819. The molecule has 34 heavy (non-hydrogen) atoms. The highest BCUT2D eigenvalue weighted by molar-refractivity contribution is 7.17. The zero-order chi connectivity index (χ0) is 23.9. The Kier molecular flexibility index (Phi) is 5.90. The van der Waals surface area contributed by atoms with Gasteiger partial charge in [-0.25, -0.2) is 4.98 Å². The monoisotopic (exact) mass is 475 g/mol. The number of nitrogens with zero attached hydrogens (tertiary/aromatic N) is 3. The molecule has 1 aliphatic heterocycles. The summed E-state index contributed by atoms with van der Waals surface area (Å²) >= 11 is 1.75. The van der Waals surface area contributed by atoms with Crippen molar-refractivity contribution in [2.45, 2.75) is 52.6 Å². The van der Waals surface area contributed by atoms with Crippen molar-refractivity contribution in [1.82, 2.24) is 14.5 Å². The molecule has 0 bridgehead atoms. The van der Waals surface area contributed by atoms with Gasteiger partial charge in [-0.2, -0.15) is 0 Å². The molecule has 0 fully saturated rings. The Labute approximate surface area is 202 Å². The Hall–Kier alpha value is -3.19. The van der Waals surface area contributed by atoms with Crippen molar-refractivity contribution in [3.63, 3.8) is 0 Å². The zero-order valence-corrected chi connectivity index (χ0v) is 20.4. The first-order valence-electron chi connectivity index (χ1n) is 11.8. The Balaban J connectivity index is 1.39. The molecule has 1 N–H and O–H groups in total. The molecule has 0 atom stereocenters. The number of carboxylic acid groups (broad SMARTS) is 1. The van der Waals surface area contributed by atoms with Crippen molar-refractivity contribution >= 4 is 44.3 Å². The van der Waals surface area contributed by atoms with Crippen LogP contribution in [0, 0.1) is 5.41 Å². The van der Waals surface area contributed by atoms with Crippen molar-refractivity contribution in [3.05, 3.63) is 64.8 Å². The van der Waals surface area contributed by atoms with Gasteiger partial charge in [0.15, 0.2) is 0 Å². The fraction of sp³-hybridized carbons (Fsp3) is 0.370. The molecule has 1 amide bonds. The van der Waals surface area contributed by atoms with Gasteiger partial charge >= 0.3 is 5.97 Å². The molecule has 7 heteroatoms. The molecule has 0 unspecified atom stereocenters. The predicted octanol–water partition coefficient (Wildman–Crippen LogP) is 5.47. The van der Waals surface area contributed by atoms with E-state index in [4.69, 9.17) is 4.98 Å². The fourth-order valence-electron chi connectivity index (χ4n) is 4.89. The molecule has 0 aliphatic carbocycles. The summed E-state index contributed by atoms with van der Waals surface area (Å²) in [6.07, 6.45) is 4.08. The Morgan fingerprint density at radius 1 is 1.21 bits per heavy atom. The van der Waals surface area contributed by atoms with Crippen LogP contribution in [0.15, 0.2) is 48.0 Å². The minimum absolute atomic E-state index is 0.0938. The average Bonchev–Trinajstić information content (AvgIpc) is 3.41. The van der Waals surface area contributed by atoms with E-state index in [2.05, 4.69) is 40.3 Å². The van der Waals surface area contributed by atoms with Crippen molar-refractivity contribution in [2.75, 3.05) is 6.54 Å². The first kappa shape index (κ1) is 22.6. The van der Waals surface area contributed by atoms with Crippen LogP contribution in [-0.4, -0.2) is 38.0 Å². The third-order valence-corrected chi connectivity index (χ3v) is 7.89. The van der Waals surface area contributed by atoms with E-state index in [1.807, 2.05) is 17.2 Å². The second-order valence-electron chi connectivity index (χ2n) is 9.79. The van der Waals surface area contributed by atoms with Crippen molar-refractivity contribution in [1.29, 1.82) is 0 Å². The molecular formula is C27H29N3O3S. The first-order valence-corrected chi connectivity index (χ1v) is 12.6. The number of fused-ring (bicyclic) bond motifs is 4. The third-order valence-electron chi connectivity index (χ3n) is 7.00. The lowest BCUT2D eigenvalue weighted by Crippen LogP contribution is -2.36. The van der Waals surface area contributed by atoms with E-state index in [1.54, 1.807) is 25.2 Å². The van der Waals surface area contributed by atoms with Gasteiger partial charge < -0.3 is 14.6 Å². The van der Waals surface area contributed by atoms with Gasteiger partial charge in [-0.1, -0.05) is 6.07 Å². The largest absolute Gasteiger partial charge is 0.481 e. The lowest BCUT2D eigenvalue weighted by molar-refractivity contribution is -0.147. The number of benzene rings is 1. The van der Waals surface area contributed by atoms with Crippen LogP contribution < -0.4 is 0 Å². The maximum Gasteiger partial charge on any atom is 0.309 e. The van der Waals surface area contributed by atoms with E-state index in [-0.39, 0.29) is 5.91 Å². The predicted molar refractivity (Wildman–Crippen MR) is 135 cm³/mol. The number of hydrogen-bond acceptors (Lipinski definition) is 4. The highest BCUT2D eigenvalue weighted by Crippen LogP contribution is 2.32. The molecule has 1 aromatic carbocycles. The molecule has 0 saturated carbocycles. The highest BCUT2D eigenvalue weighted by Gasteiger charge is 2.29. The van der Waals surface area contributed by atoms with Crippen LogP contribution in [0.3, 0.4) is 0 Å². The number of carboxylic acids is 1. The second-order valence-corrected chi connectivity index (χ2v) is 10.7. The highest BCUT2D eigenvalue weighted by atomic mass is 32.1. The van der Waals surface area contributed by atoms with Gasteiger partial charge in [-0.05, 0) is 85.3 Å². The number of thiophene rings is 1. The maximum absolute atomic E-state index is 13.0. The van der Waals surface area contributed by atoms with E-state index in [0.29, 0.717) is 38.9 Å². The topological polar surface area (TPSA) is 75.4 Å². The first-order chi connectivity index (χ1) is 16.3. The number of carbonyl (C=O) groups is 2. The maximum atomic E-state index is 13.0. The summed E-state index contributed by atoms with van der Waals surface area (Å²) in [6, 6.07) is 12.8. The quantitative estimate of drug-likeness (QED) is 0.385. The number of pyridine rings is 1. The number of amides is 1. The van der Waals surface area contributed by atoms with Gasteiger partial charge in [0, 0.05) is 41.5 Å². The van der Waals surface area contributed by atoms with E-state index in [0.717, 1.165) is 17.8 Å². The van der Waals surface area contributed by atoms with Crippen LogP contribution in [0.4, 0.5) is 0 Å². The summed E-state index contributed by atoms with van der Waals surface area (Å²) in [5, 5.41) is 13.9. The Bertz CT molecular complexity index is 1380. The SMILES string of the molecule is CC(C)(CCCC(=O)N1CCc2c(n(Cc3ccc4sccc4c3)c3ncccc23)C1)C(=O)O. The Morgan fingerprint density at radius 3 is 2.88 bits per heavy atom. The summed E-state index contributed by atoms with van der Waals surface area (Å²) in [6.45, 7) is 5.39. The fourth-order valence-corrected chi connectivity index (χ4v) is 5.66. The second kappa shape index (κ2) is 8.87. The zero-order valence-electron chi connectivity index (χ0n) is 19.6. The molecule has 0 saturated heterocycles. The third kappa shape index (κ3) is 4.20. The summed E-state index contributed by atoms with van der Waals surface area (Å²) in [7, 11) is 0. The molecule has 0 radical (unpaired) electrons. The van der Waals surface area contributed by atoms with Gasteiger partial charge in [-0.15, -0.1) is 11.3 Å². The van der Waals surface area contributed by atoms with Crippen molar-refractivity contribution in [2.24, 2.45) is 5.41 Å². The lowest BCUT2D eigenvalue weighted by atomic mass is 9.87. The average molecular weight is 476 g/mol. The van der Waals surface area contributed by atoms with Gasteiger partial charge in [0.05, 0.1) is 12.0 Å². The summed E-state index contributed by atoms with van der Waals surface area (Å²) in [5.74, 6) is -0.725. The number of hydrogen-bond donors (Lipinski definition) is 1. The van der Waals surface area contributed by atoms with Crippen LogP contribution in [0.25, 0.3) is 21.1 Å². The van der Waals surface area contributed by atoms with Crippen LogP contribution >= 0.6 is 11.3 Å². The normalized spacial score (nSPS) is 14.0. The van der Waals surface area contributed by atoms with Crippen LogP contribution in [0.2, 0.25) is 0 Å². The summed E-state index contributed by atoms with van der Waals surface area (Å²) in [4.78, 5) is 31.0. The standard InChI is InChI=1S/C27H29N3O3S/c1-27(2,26(32)33)11-3-6-24(31)29-13-9-20-21-5-4-12-28-25(21)30(22(20)17-29)16-18-7-8-23-19(15-18)10-14-34-23/h4-5,7-8,10,12,14-15H,3,6,9,11,13,16-17H2,1-2H3,(H,32,33). The molecule has 176 valence electrons. The molecule has 3 aromatic heterocycles. The van der Waals surface area contributed by atoms with Crippen LogP contribution in [0.1, 0.15) is 49.9 Å². The van der Waals surface area contributed by atoms with E-state index < -0.39 is 11.4 Å². The molecule has 5 rings (SSSR count). The smallest absolute Gasteiger partial charge is 0.309 e. The number of aromatic nitrogens is 2. The van der Waals surface area contributed by atoms with Crippen molar-refractivity contribution in [3.8, 4) is 0 Å². The van der Waals surface area contributed by atoms with E-state index >= 15 is 0 Å².